The molecule has 6 nitrogen and oxygen atoms in total. The lowest BCUT2D eigenvalue weighted by molar-refractivity contribution is 0.403. The fourth-order valence-electron chi connectivity index (χ4n) is 2.90. The number of fused-ring (bicyclic) bond motifs is 2. The fourth-order valence-corrected chi connectivity index (χ4v) is 2.90. The Morgan fingerprint density at radius 1 is 0.577 bits per heavy atom. The lowest BCUT2D eigenvalue weighted by Gasteiger charge is -2.06. The Kier molecular flexibility index (Phi) is 2.99. The number of rotatable bonds is 2. The van der Waals surface area contributed by atoms with Crippen LogP contribution in [0.25, 0.3) is 45.1 Å². The molecule has 2 aromatic heterocycles. The molecular weight excluding hydrogens is 332 g/mol. The van der Waals surface area contributed by atoms with Gasteiger partial charge in [-0.2, -0.15) is 0 Å². The van der Waals surface area contributed by atoms with Crippen molar-refractivity contribution in [3.8, 4) is 34.4 Å². The Bertz CT molecular complexity index is 1100. The topological polar surface area (TPSA) is 92.5 Å². The smallest absolute Gasteiger partial charge is 0.231 e. The summed E-state index contributed by atoms with van der Waals surface area (Å²) in [6, 6.07) is 17.8. The molecule has 2 N–H and O–H groups in total. The van der Waals surface area contributed by atoms with Crippen molar-refractivity contribution in [3.05, 3.63) is 60.7 Å². The molecule has 5 rings (SSSR count). The number of benzene rings is 3. The molecule has 0 radical (unpaired) electrons. The average Bonchev–Trinajstić information content (AvgIpc) is 3.27. The van der Waals surface area contributed by atoms with E-state index in [1.54, 1.807) is 24.3 Å². The number of aromatic nitrogens is 2. The zero-order valence-corrected chi connectivity index (χ0v) is 13.4. The number of hydrogen-bond donors (Lipinski definition) is 2. The third-order valence-electron chi connectivity index (χ3n) is 4.20. The second kappa shape index (κ2) is 5.35. The lowest BCUT2D eigenvalue weighted by atomic mass is 10.1. The maximum absolute atomic E-state index is 10.5. The van der Waals surface area contributed by atoms with Gasteiger partial charge in [0.1, 0.15) is 11.0 Å². The maximum atomic E-state index is 10.5. The summed E-state index contributed by atoms with van der Waals surface area (Å²) >= 11 is 0. The number of nitrogens with zero attached hydrogens (tertiary/aromatic N) is 2. The maximum Gasteiger partial charge on any atom is 0.231 e. The van der Waals surface area contributed by atoms with Crippen LogP contribution in [0.1, 0.15) is 0 Å². The zero-order chi connectivity index (χ0) is 17.7. The normalized spacial score (nSPS) is 11.4. The van der Waals surface area contributed by atoms with E-state index in [-0.39, 0.29) is 23.3 Å². The quantitative estimate of drug-likeness (QED) is 0.450. The molecule has 0 saturated carbocycles. The van der Waals surface area contributed by atoms with Gasteiger partial charge in [0.25, 0.3) is 0 Å². The average molecular weight is 344 g/mol. The van der Waals surface area contributed by atoms with Gasteiger partial charge in [0, 0.05) is 0 Å². The number of aromatic hydroxyl groups is 2. The number of oxazole rings is 2. The van der Waals surface area contributed by atoms with Crippen LogP contribution in [0.4, 0.5) is 0 Å². The van der Waals surface area contributed by atoms with Gasteiger partial charge in [-0.3, -0.25) is 0 Å². The highest BCUT2D eigenvalue weighted by atomic mass is 16.4. The summed E-state index contributed by atoms with van der Waals surface area (Å²) in [6.45, 7) is 0. The first-order valence-electron chi connectivity index (χ1n) is 7.97. The monoisotopic (exact) mass is 344 g/mol. The molecule has 0 bridgehead atoms. The molecule has 0 spiro atoms. The third kappa shape index (κ3) is 2.12. The Hall–Kier alpha value is -3.80. The first-order chi connectivity index (χ1) is 12.7. The van der Waals surface area contributed by atoms with Crippen molar-refractivity contribution in [1.29, 1.82) is 0 Å². The highest BCUT2D eigenvalue weighted by Gasteiger charge is 2.21. The lowest BCUT2D eigenvalue weighted by Crippen LogP contribution is -1.84. The molecule has 26 heavy (non-hydrogen) atoms. The van der Waals surface area contributed by atoms with E-state index in [2.05, 4.69) is 9.97 Å². The van der Waals surface area contributed by atoms with Crippen LogP contribution in [-0.4, -0.2) is 20.2 Å². The molecule has 0 aliphatic carbocycles. The van der Waals surface area contributed by atoms with Crippen molar-refractivity contribution in [2.45, 2.75) is 0 Å². The number of para-hydroxylation sites is 4. The minimum Gasteiger partial charge on any atom is -0.504 e. The van der Waals surface area contributed by atoms with Crippen LogP contribution in [0.5, 0.6) is 11.5 Å². The van der Waals surface area contributed by atoms with Gasteiger partial charge in [-0.15, -0.1) is 0 Å². The summed E-state index contributed by atoms with van der Waals surface area (Å²) in [4.78, 5) is 8.69. The van der Waals surface area contributed by atoms with Crippen molar-refractivity contribution in [3.63, 3.8) is 0 Å². The van der Waals surface area contributed by atoms with E-state index in [0.717, 1.165) is 0 Å². The Morgan fingerprint density at radius 2 is 1.00 bits per heavy atom. The SMILES string of the molecule is Oc1c(-c2nc3ccccc3o2)ccc(-c2nc3ccccc3o2)c1O. The molecule has 3 aromatic carbocycles. The van der Waals surface area contributed by atoms with Crippen LogP contribution in [0.3, 0.4) is 0 Å². The molecule has 0 unspecified atom stereocenters. The van der Waals surface area contributed by atoms with Gasteiger partial charge in [-0.05, 0) is 36.4 Å². The minimum atomic E-state index is -0.337. The van der Waals surface area contributed by atoms with E-state index < -0.39 is 0 Å². The summed E-state index contributed by atoms with van der Waals surface area (Å²) in [6.07, 6.45) is 0. The molecule has 6 heteroatoms. The van der Waals surface area contributed by atoms with Gasteiger partial charge < -0.3 is 19.0 Å². The summed E-state index contributed by atoms with van der Waals surface area (Å²) in [5.41, 5.74) is 3.12. The first-order valence-corrected chi connectivity index (χ1v) is 7.97. The molecule has 0 aliphatic rings. The third-order valence-corrected chi connectivity index (χ3v) is 4.20. The molecule has 0 amide bonds. The number of phenolic OH excluding ortho intramolecular Hbond substituents is 2. The predicted octanol–water partition coefficient (Wildman–Crippen LogP) is 4.71. The summed E-state index contributed by atoms with van der Waals surface area (Å²) in [5, 5.41) is 20.9. The Balaban J connectivity index is 1.65. The van der Waals surface area contributed by atoms with Crippen LogP contribution in [0.15, 0.2) is 69.5 Å². The van der Waals surface area contributed by atoms with Crippen molar-refractivity contribution in [2.75, 3.05) is 0 Å². The van der Waals surface area contributed by atoms with Gasteiger partial charge >= 0.3 is 0 Å². The van der Waals surface area contributed by atoms with Crippen LogP contribution < -0.4 is 0 Å². The summed E-state index contributed by atoms with van der Waals surface area (Å²) in [5.74, 6) is -0.223. The molecule has 0 aliphatic heterocycles. The predicted molar refractivity (Wildman–Crippen MR) is 95.8 cm³/mol. The van der Waals surface area contributed by atoms with E-state index in [1.807, 2.05) is 36.4 Å². The fraction of sp³-hybridized carbons (Fsp3) is 0. The van der Waals surface area contributed by atoms with Crippen molar-refractivity contribution < 1.29 is 19.0 Å². The van der Waals surface area contributed by atoms with E-state index in [9.17, 15) is 10.2 Å². The zero-order valence-electron chi connectivity index (χ0n) is 13.4. The highest BCUT2D eigenvalue weighted by Crippen LogP contribution is 2.43. The largest absolute Gasteiger partial charge is 0.504 e. The molecular formula is C20H12N2O4. The van der Waals surface area contributed by atoms with E-state index >= 15 is 0 Å². The number of phenols is 2. The minimum absolute atomic E-state index is 0.225. The summed E-state index contributed by atoms with van der Waals surface area (Å²) in [7, 11) is 0. The second-order valence-electron chi connectivity index (χ2n) is 5.83. The van der Waals surface area contributed by atoms with Crippen LogP contribution in [0, 0.1) is 0 Å². The van der Waals surface area contributed by atoms with Crippen LogP contribution in [0.2, 0.25) is 0 Å². The van der Waals surface area contributed by atoms with E-state index in [1.165, 1.54) is 0 Å². The van der Waals surface area contributed by atoms with Crippen molar-refractivity contribution in [1.82, 2.24) is 9.97 Å². The van der Waals surface area contributed by atoms with E-state index in [4.69, 9.17) is 8.83 Å². The van der Waals surface area contributed by atoms with Crippen LogP contribution in [-0.2, 0) is 0 Å². The molecule has 5 aromatic rings. The molecule has 0 saturated heterocycles. The van der Waals surface area contributed by atoms with Gasteiger partial charge in [-0.1, -0.05) is 24.3 Å². The number of hydrogen-bond acceptors (Lipinski definition) is 6. The molecule has 0 fully saturated rings. The summed E-state index contributed by atoms with van der Waals surface area (Å²) < 4.78 is 11.3. The van der Waals surface area contributed by atoms with Crippen molar-refractivity contribution >= 4 is 22.2 Å². The second-order valence-corrected chi connectivity index (χ2v) is 5.83. The van der Waals surface area contributed by atoms with Crippen LogP contribution >= 0.6 is 0 Å². The van der Waals surface area contributed by atoms with Gasteiger partial charge in [0.15, 0.2) is 22.7 Å². The van der Waals surface area contributed by atoms with Gasteiger partial charge in [-0.25, -0.2) is 9.97 Å². The Morgan fingerprint density at radius 3 is 1.42 bits per heavy atom. The standard InChI is InChI=1S/C20H12N2O4/c23-17-11(19-21-13-5-1-3-7-15(13)25-19)9-10-12(18(17)24)20-22-14-6-2-4-8-16(14)26-20/h1-10,23-24H. The van der Waals surface area contributed by atoms with Crippen molar-refractivity contribution in [2.24, 2.45) is 0 Å². The molecule has 0 atom stereocenters. The molecule has 126 valence electrons. The molecule has 2 heterocycles. The van der Waals surface area contributed by atoms with E-state index in [0.29, 0.717) is 33.3 Å². The Labute approximate surface area is 147 Å². The highest BCUT2D eigenvalue weighted by molar-refractivity contribution is 5.83. The van der Waals surface area contributed by atoms with Gasteiger partial charge in [0.2, 0.25) is 11.8 Å². The first kappa shape index (κ1) is 14.5. The van der Waals surface area contributed by atoms with Gasteiger partial charge in [0.05, 0.1) is 11.1 Å².